The Balaban J connectivity index is 1.28. The number of phenols is 3. The minimum absolute atomic E-state index is 0.00240. The highest BCUT2D eigenvalue weighted by molar-refractivity contribution is 5.50. The van der Waals surface area contributed by atoms with Crippen molar-refractivity contribution in [2.45, 2.75) is 77.2 Å². The predicted octanol–water partition coefficient (Wildman–Crippen LogP) is 5.16. The lowest BCUT2D eigenvalue weighted by molar-refractivity contribution is 0.175. The molecule has 0 amide bonds. The lowest BCUT2D eigenvalue weighted by Gasteiger charge is -2.35. The smallest absolute Gasteiger partial charge is 0.160 e. The van der Waals surface area contributed by atoms with Gasteiger partial charge in [-0.25, -0.2) is 0 Å². The van der Waals surface area contributed by atoms with Gasteiger partial charge >= 0.3 is 0 Å². The number of aromatic hydroxyl groups is 3. The highest BCUT2D eigenvalue weighted by atomic mass is 16.3. The molecule has 182 valence electrons. The summed E-state index contributed by atoms with van der Waals surface area (Å²) < 4.78 is 0. The number of nitrogens with one attached hydrogen (secondary N) is 1. The van der Waals surface area contributed by atoms with Gasteiger partial charge in [0.25, 0.3) is 0 Å². The van der Waals surface area contributed by atoms with Gasteiger partial charge in [0.05, 0.1) is 0 Å². The first-order valence-electron chi connectivity index (χ1n) is 12.8. The molecule has 3 rings (SSSR count). The molecule has 1 aliphatic carbocycles. The van der Waals surface area contributed by atoms with E-state index < -0.39 is 0 Å². The van der Waals surface area contributed by atoms with Gasteiger partial charge in [-0.2, -0.15) is 0 Å². The SMILES string of the molecule is CCCN(CCCCCCNCCCc1ccccc1O)C1CCc2c(ccc(O)c2O)C1. The van der Waals surface area contributed by atoms with E-state index in [-0.39, 0.29) is 11.5 Å². The van der Waals surface area contributed by atoms with E-state index in [1.165, 1.54) is 31.2 Å². The van der Waals surface area contributed by atoms with Gasteiger partial charge in [0.2, 0.25) is 0 Å². The van der Waals surface area contributed by atoms with E-state index in [0.717, 1.165) is 75.8 Å². The molecule has 5 heteroatoms. The normalized spacial score (nSPS) is 15.6. The zero-order valence-electron chi connectivity index (χ0n) is 20.2. The summed E-state index contributed by atoms with van der Waals surface area (Å²) in [5.41, 5.74) is 3.17. The van der Waals surface area contributed by atoms with Crippen LogP contribution in [0.2, 0.25) is 0 Å². The van der Waals surface area contributed by atoms with Crippen molar-refractivity contribution in [2.75, 3.05) is 26.2 Å². The third-order valence-corrected chi connectivity index (χ3v) is 6.91. The van der Waals surface area contributed by atoms with Gasteiger partial charge in [0, 0.05) is 11.6 Å². The van der Waals surface area contributed by atoms with E-state index in [1.54, 1.807) is 12.1 Å². The minimum Gasteiger partial charge on any atom is -0.508 e. The Bertz CT molecular complexity index is 855. The first-order chi connectivity index (χ1) is 16.1. The van der Waals surface area contributed by atoms with Gasteiger partial charge in [-0.1, -0.05) is 44.0 Å². The second kappa shape index (κ2) is 13.5. The Kier molecular flexibility index (Phi) is 10.4. The third kappa shape index (κ3) is 7.65. The Morgan fingerprint density at radius 1 is 0.879 bits per heavy atom. The zero-order chi connectivity index (χ0) is 23.5. The molecular weight excluding hydrogens is 412 g/mol. The third-order valence-electron chi connectivity index (χ3n) is 6.91. The van der Waals surface area contributed by atoms with E-state index in [1.807, 2.05) is 24.3 Å². The number of benzene rings is 2. The maximum Gasteiger partial charge on any atom is 0.160 e. The molecule has 4 N–H and O–H groups in total. The molecule has 0 saturated heterocycles. The van der Waals surface area contributed by atoms with E-state index in [9.17, 15) is 15.3 Å². The molecule has 0 aliphatic heterocycles. The summed E-state index contributed by atoms with van der Waals surface area (Å²) in [6, 6.07) is 11.7. The number of aryl methyl sites for hydroxylation is 1. The average Bonchev–Trinajstić information content (AvgIpc) is 2.83. The van der Waals surface area contributed by atoms with Gasteiger partial charge in [0.15, 0.2) is 11.5 Å². The summed E-state index contributed by atoms with van der Waals surface area (Å²) in [6.07, 6.45) is 10.9. The van der Waals surface area contributed by atoms with Crippen LogP contribution in [0.25, 0.3) is 0 Å². The number of hydrogen-bond acceptors (Lipinski definition) is 5. The van der Waals surface area contributed by atoms with Gasteiger partial charge in [0.1, 0.15) is 5.75 Å². The van der Waals surface area contributed by atoms with Gasteiger partial charge in [-0.05, 0) is 101 Å². The van der Waals surface area contributed by atoms with Crippen LogP contribution in [-0.2, 0) is 19.3 Å². The zero-order valence-corrected chi connectivity index (χ0v) is 20.2. The number of unbranched alkanes of at least 4 members (excludes halogenated alkanes) is 3. The predicted molar refractivity (Wildman–Crippen MR) is 135 cm³/mol. The monoisotopic (exact) mass is 454 g/mol. The van der Waals surface area contributed by atoms with Crippen molar-refractivity contribution >= 4 is 0 Å². The van der Waals surface area contributed by atoms with Crippen molar-refractivity contribution in [3.05, 3.63) is 53.1 Å². The molecule has 0 radical (unpaired) electrons. The van der Waals surface area contributed by atoms with E-state index >= 15 is 0 Å². The van der Waals surface area contributed by atoms with Crippen LogP contribution in [0.3, 0.4) is 0 Å². The first kappa shape index (κ1) is 25.4. The van der Waals surface area contributed by atoms with Gasteiger partial charge < -0.3 is 25.5 Å². The van der Waals surface area contributed by atoms with Crippen LogP contribution >= 0.6 is 0 Å². The maximum absolute atomic E-state index is 10.1. The lowest BCUT2D eigenvalue weighted by Crippen LogP contribution is -2.40. The second-order valence-corrected chi connectivity index (χ2v) is 9.40. The van der Waals surface area contributed by atoms with E-state index in [2.05, 4.69) is 17.1 Å². The standard InChI is InChI=1S/C28H42N2O3/c1-2-19-30(24-14-15-25-23(21-24)13-16-27(32)28(25)33)20-8-4-3-7-17-29-18-9-11-22-10-5-6-12-26(22)31/h5-6,10,12-13,16,24,29,31-33H,2-4,7-9,11,14-15,17-21H2,1H3. The molecule has 5 nitrogen and oxygen atoms in total. The molecule has 0 aromatic heterocycles. The summed E-state index contributed by atoms with van der Waals surface area (Å²) in [7, 11) is 0. The fourth-order valence-electron chi connectivity index (χ4n) is 5.05. The van der Waals surface area contributed by atoms with Crippen LogP contribution < -0.4 is 5.32 Å². The van der Waals surface area contributed by atoms with Crippen LogP contribution in [0.4, 0.5) is 0 Å². The van der Waals surface area contributed by atoms with Crippen LogP contribution in [0.15, 0.2) is 36.4 Å². The molecule has 0 heterocycles. The number of rotatable bonds is 14. The van der Waals surface area contributed by atoms with Crippen molar-refractivity contribution in [1.82, 2.24) is 10.2 Å². The highest BCUT2D eigenvalue weighted by Gasteiger charge is 2.26. The van der Waals surface area contributed by atoms with Gasteiger partial charge in [-0.15, -0.1) is 0 Å². The number of hydrogen-bond donors (Lipinski definition) is 4. The van der Waals surface area contributed by atoms with Gasteiger partial charge in [-0.3, -0.25) is 0 Å². The van der Waals surface area contributed by atoms with E-state index in [4.69, 9.17) is 0 Å². The van der Waals surface area contributed by atoms with Crippen molar-refractivity contribution in [2.24, 2.45) is 0 Å². The van der Waals surface area contributed by atoms with Crippen molar-refractivity contribution in [3.8, 4) is 17.2 Å². The van der Waals surface area contributed by atoms with Crippen LogP contribution in [-0.4, -0.2) is 52.4 Å². The lowest BCUT2D eigenvalue weighted by atomic mass is 9.86. The average molecular weight is 455 g/mol. The summed E-state index contributed by atoms with van der Waals surface area (Å²) in [5.74, 6) is 0.493. The Morgan fingerprint density at radius 2 is 1.67 bits per heavy atom. The summed E-state index contributed by atoms with van der Waals surface area (Å²) in [6.45, 7) is 6.58. The fourth-order valence-corrected chi connectivity index (χ4v) is 5.05. The molecular formula is C28H42N2O3. The Labute approximate surface area is 199 Å². The molecule has 1 unspecified atom stereocenters. The summed E-state index contributed by atoms with van der Waals surface area (Å²) in [5, 5.41) is 33.3. The summed E-state index contributed by atoms with van der Waals surface area (Å²) >= 11 is 0. The number of nitrogens with zero attached hydrogens (tertiary/aromatic N) is 1. The Morgan fingerprint density at radius 3 is 2.48 bits per heavy atom. The quantitative estimate of drug-likeness (QED) is 0.234. The van der Waals surface area contributed by atoms with Crippen LogP contribution in [0.1, 0.15) is 68.6 Å². The molecule has 0 fully saturated rings. The molecule has 0 saturated carbocycles. The molecule has 2 aromatic carbocycles. The summed E-state index contributed by atoms with van der Waals surface area (Å²) in [4.78, 5) is 2.64. The minimum atomic E-state index is 0.00240. The molecule has 1 atom stereocenters. The topological polar surface area (TPSA) is 76.0 Å². The fraction of sp³-hybridized carbons (Fsp3) is 0.571. The Hall–Kier alpha value is -2.24. The number of phenolic OH excluding ortho intramolecular Hbond substituents is 3. The van der Waals surface area contributed by atoms with E-state index in [0.29, 0.717) is 11.8 Å². The molecule has 0 bridgehead atoms. The van der Waals surface area contributed by atoms with Crippen molar-refractivity contribution in [1.29, 1.82) is 0 Å². The largest absolute Gasteiger partial charge is 0.508 e. The van der Waals surface area contributed by atoms with Crippen molar-refractivity contribution < 1.29 is 15.3 Å². The van der Waals surface area contributed by atoms with Crippen molar-refractivity contribution in [3.63, 3.8) is 0 Å². The molecule has 33 heavy (non-hydrogen) atoms. The molecule has 1 aliphatic rings. The molecule has 0 spiro atoms. The highest BCUT2D eigenvalue weighted by Crippen LogP contribution is 2.36. The maximum atomic E-state index is 10.1. The molecule has 2 aromatic rings. The van der Waals surface area contributed by atoms with Crippen LogP contribution in [0.5, 0.6) is 17.2 Å². The van der Waals surface area contributed by atoms with Crippen LogP contribution in [0, 0.1) is 0 Å². The number of fused-ring (bicyclic) bond motifs is 1. The first-order valence-corrected chi connectivity index (χ1v) is 12.8. The second-order valence-electron chi connectivity index (χ2n) is 9.40. The number of para-hydroxylation sites is 1.